The number of fused-ring (bicyclic) bond motifs is 3. The first kappa shape index (κ1) is 38.1. The molecule has 51 heavy (non-hydrogen) atoms. The van der Waals surface area contributed by atoms with Gasteiger partial charge in [0.2, 0.25) is 0 Å². The largest absolute Gasteiger partial charge is 0.305 e. The Morgan fingerprint density at radius 2 is 1.25 bits per heavy atom. The fraction of sp³-hybridized carbons (Fsp3) is 0.292. The van der Waals surface area contributed by atoms with Crippen LogP contribution in [0.4, 0.5) is 0 Å². The Morgan fingerprint density at radius 3 is 1.90 bits per heavy atom. The minimum Gasteiger partial charge on any atom is -0.305 e. The summed E-state index contributed by atoms with van der Waals surface area (Å²) in [5.74, 6) is 0. The smallest absolute Gasteiger partial charge is 0.0166 e. The molecule has 1 aliphatic rings. The van der Waals surface area contributed by atoms with Crippen molar-refractivity contribution < 1.29 is 20.1 Å². The SMILES string of the molecule is CC(C)(C)c1cc[c-]c(-c2ccccn2)c1.Cc1cc(C)c(-c2ccnc(-c3[c-]ccc4c3C(C)(C)c3cc(C(C)(C)C)ccc3-4)c2)c(C)c1.[Ir]. The standard InChI is InChI=1S/C33H34N.C15H16N.Ir/c1-20-16-21(2)30(22(3)17-20)23-14-15-34-29(18-23)27-11-9-10-26-25-13-12-24(32(4,5)6)19-28(25)33(7,8)31(26)27;1-15(2,3)13-8-6-7-12(11-13)14-9-4-5-10-16-14;/h9-10,12-19H,1-8H3;4-6,8-11H,1-3H3;/q2*-1;. The molecule has 0 saturated heterocycles. The molecule has 3 heteroatoms. The van der Waals surface area contributed by atoms with Crippen molar-refractivity contribution in [1.82, 2.24) is 9.97 Å². The van der Waals surface area contributed by atoms with Crippen LogP contribution in [0.2, 0.25) is 0 Å². The maximum absolute atomic E-state index is 4.84. The number of aryl methyl sites for hydroxylation is 3. The second-order valence-corrected chi connectivity index (χ2v) is 16.4. The average Bonchev–Trinajstić information content (AvgIpc) is 3.30. The second-order valence-electron chi connectivity index (χ2n) is 16.4. The van der Waals surface area contributed by atoms with Crippen LogP contribution in [-0.2, 0) is 36.4 Å². The zero-order valence-corrected chi connectivity index (χ0v) is 34.4. The number of rotatable bonds is 3. The van der Waals surface area contributed by atoms with E-state index in [1.54, 1.807) is 0 Å². The Hall–Kier alpha value is -4.17. The topological polar surface area (TPSA) is 25.8 Å². The molecule has 0 saturated carbocycles. The molecule has 2 heterocycles. The van der Waals surface area contributed by atoms with Crippen molar-refractivity contribution in [1.29, 1.82) is 0 Å². The third-order valence-corrected chi connectivity index (χ3v) is 10.1. The van der Waals surface area contributed by atoms with Crippen molar-refractivity contribution >= 4 is 0 Å². The molecule has 2 aromatic heterocycles. The van der Waals surface area contributed by atoms with Gasteiger partial charge in [0.15, 0.2) is 0 Å². The van der Waals surface area contributed by atoms with E-state index in [1.807, 2.05) is 36.7 Å². The summed E-state index contributed by atoms with van der Waals surface area (Å²) in [5, 5.41) is 0. The molecule has 1 radical (unpaired) electrons. The van der Waals surface area contributed by atoms with Gasteiger partial charge >= 0.3 is 0 Å². The predicted molar refractivity (Wildman–Crippen MR) is 212 cm³/mol. The first-order valence-corrected chi connectivity index (χ1v) is 17.7. The minimum atomic E-state index is -0.119. The molecule has 2 nitrogen and oxygen atoms in total. The third kappa shape index (κ3) is 7.71. The Bertz CT molecular complexity index is 2160. The van der Waals surface area contributed by atoms with Gasteiger partial charge in [-0.25, -0.2) is 0 Å². The normalized spacial score (nSPS) is 13.0. The molecule has 0 amide bonds. The van der Waals surface area contributed by atoms with Gasteiger partial charge < -0.3 is 9.97 Å². The van der Waals surface area contributed by atoms with E-state index in [0.717, 1.165) is 22.5 Å². The number of nitrogens with zero attached hydrogens (tertiary/aromatic N) is 2. The molecule has 0 bridgehead atoms. The molecular weight excluding hydrogens is 797 g/mol. The molecule has 4 aromatic carbocycles. The minimum absolute atomic E-state index is 0. The number of pyridine rings is 2. The summed E-state index contributed by atoms with van der Waals surface area (Å²) in [6, 6.07) is 39.2. The van der Waals surface area contributed by atoms with Crippen LogP contribution in [0.15, 0.2) is 103 Å². The van der Waals surface area contributed by atoms with Gasteiger partial charge in [0.25, 0.3) is 0 Å². The van der Waals surface area contributed by atoms with Crippen molar-refractivity contribution in [2.24, 2.45) is 0 Å². The molecule has 0 spiro atoms. The predicted octanol–water partition coefficient (Wildman–Crippen LogP) is 12.6. The summed E-state index contributed by atoms with van der Waals surface area (Å²) < 4.78 is 0. The molecular formula is C48H50IrN2-2. The number of hydrogen-bond acceptors (Lipinski definition) is 2. The van der Waals surface area contributed by atoms with Crippen molar-refractivity contribution in [3.63, 3.8) is 0 Å². The summed E-state index contributed by atoms with van der Waals surface area (Å²) >= 11 is 0. The van der Waals surface area contributed by atoms with E-state index < -0.39 is 0 Å². The van der Waals surface area contributed by atoms with E-state index in [0.29, 0.717) is 0 Å². The van der Waals surface area contributed by atoms with Gasteiger partial charge in [-0.1, -0.05) is 115 Å². The summed E-state index contributed by atoms with van der Waals surface area (Å²) in [4.78, 5) is 9.18. The molecule has 6 aromatic rings. The van der Waals surface area contributed by atoms with Crippen molar-refractivity contribution in [2.75, 3.05) is 0 Å². The fourth-order valence-electron chi connectivity index (χ4n) is 7.43. The van der Waals surface area contributed by atoms with Crippen molar-refractivity contribution in [3.05, 3.63) is 154 Å². The van der Waals surface area contributed by atoms with E-state index in [-0.39, 0.29) is 36.4 Å². The molecule has 0 N–H and O–H groups in total. The van der Waals surface area contributed by atoms with Crippen LogP contribution >= 0.6 is 0 Å². The van der Waals surface area contributed by atoms with Crippen molar-refractivity contribution in [2.45, 2.75) is 92.4 Å². The summed E-state index contributed by atoms with van der Waals surface area (Å²) in [5.41, 5.74) is 18.8. The third-order valence-electron chi connectivity index (χ3n) is 10.1. The maximum atomic E-state index is 4.84. The van der Waals surface area contributed by atoms with Gasteiger partial charge in [0.1, 0.15) is 0 Å². The second kappa shape index (κ2) is 14.5. The number of aromatic nitrogens is 2. The van der Waals surface area contributed by atoms with Gasteiger partial charge in [-0.2, -0.15) is 0 Å². The van der Waals surface area contributed by atoms with Gasteiger partial charge in [-0.3, -0.25) is 0 Å². The zero-order valence-electron chi connectivity index (χ0n) is 32.0. The summed E-state index contributed by atoms with van der Waals surface area (Å²) in [7, 11) is 0. The molecule has 263 valence electrons. The van der Waals surface area contributed by atoms with E-state index in [2.05, 4.69) is 160 Å². The van der Waals surface area contributed by atoms with Crippen LogP contribution in [-0.4, -0.2) is 9.97 Å². The quantitative estimate of drug-likeness (QED) is 0.166. The Kier molecular flexibility index (Phi) is 10.8. The van der Waals surface area contributed by atoms with E-state index in [9.17, 15) is 0 Å². The van der Waals surface area contributed by atoms with Crippen LogP contribution in [0.3, 0.4) is 0 Å². The van der Waals surface area contributed by atoms with Gasteiger partial charge in [0.05, 0.1) is 0 Å². The van der Waals surface area contributed by atoms with Crippen LogP contribution in [0.1, 0.15) is 94.3 Å². The van der Waals surface area contributed by atoms with E-state index >= 15 is 0 Å². The summed E-state index contributed by atoms with van der Waals surface area (Å²) in [6.07, 6.45) is 3.76. The van der Waals surface area contributed by atoms with Crippen LogP contribution < -0.4 is 0 Å². The molecule has 0 atom stereocenters. The average molecular weight is 847 g/mol. The van der Waals surface area contributed by atoms with Crippen LogP contribution in [0.5, 0.6) is 0 Å². The number of benzene rings is 4. The van der Waals surface area contributed by atoms with Gasteiger partial charge in [0, 0.05) is 32.5 Å². The van der Waals surface area contributed by atoms with Crippen LogP contribution in [0, 0.1) is 32.9 Å². The van der Waals surface area contributed by atoms with E-state index in [4.69, 9.17) is 4.98 Å². The van der Waals surface area contributed by atoms with Crippen molar-refractivity contribution in [3.8, 4) is 44.8 Å². The number of hydrogen-bond donors (Lipinski definition) is 0. The van der Waals surface area contributed by atoms with E-state index in [1.165, 1.54) is 61.2 Å². The van der Waals surface area contributed by atoms with Crippen LogP contribution in [0.25, 0.3) is 44.8 Å². The first-order chi connectivity index (χ1) is 23.6. The van der Waals surface area contributed by atoms with Gasteiger partial charge in [-0.15, -0.1) is 64.7 Å². The molecule has 1 aliphatic carbocycles. The molecule has 0 unspecified atom stereocenters. The maximum Gasteiger partial charge on any atom is 0.0166 e. The monoisotopic (exact) mass is 847 g/mol. The Morgan fingerprint density at radius 1 is 0.608 bits per heavy atom. The summed E-state index contributed by atoms with van der Waals surface area (Å²) in [6.45, 7) is 24.8. The molecule has 7 rings (SSSR count). The van der Waals surface area contributed by atoms with Gasteiger partial charge in [-0.05, 0) is 99.5 Å². The Labute approximate surface area is 320 Å². The first-order valence-electron chi connectivity index (χ1n) is 17.7. The molecule has 0 aliphatic heterocycles. The zero-order chi connectivity index (χ0) is 36.0. The fourth-order valence-corrected chi connectivity index (χ4v) is 7.43. The molecule has 0 fully saturated rings. The Balaban J connectivity index is 0.000000249.